The number of rotatable bonds is 6. The number of benzene rings is 1. The monoisotopic (exact) mass is 339 g/mol. The summed E-state index contributed by atoms with van der Waals surface area (Å²) >= 11 is 0. The molecular weight excluding hydrogens is 310 g/mol. The molecule has 2 rings (SSSR count). The number of pyridine rings is 1. The van der Waals surface area contributed by atoms with E-state index in [2.05, 4.69) is 61.8 Å². The maximum Gasteiger partial charge on any atom is 0.134 e. The summed E-state index contributed by atoms with van der Waals surface area (Å²) in [6.45, 7) is 8.51. The molecule has 0 unspecified atom stereocenters. The molecule has 0 aliphatic carbocycles. The molecule has 1 aromatic heterocycles. The van der Waals surface area contributed by atoms with Crippen LogP contribution in [0.25, 0.3) is 0 Å². The van der Waals surface area contributed by atoms with Crippen molar-refractivity contribution < 1.29 is 5.11 Å². The molecule has 0 fully saturated rings. The molecule has 1 heterocycles. The van der Waals surface area contributed by atoms with Gasteiger partial charge in [-0.3, -0.25) is 0 Å². The SMILES string of the molecule is CCC(C)=CN(C)c1cc(N(C)c2ccc(CO)cc2C)ncc1C. The van der Waals surface area contributed by atoms with Crippen LogP contribution in [0.15, 0.2) is 42.2 Å². The number of nitrogens with zero attached hydrogens (tertiary/aromatic N) is 3. The lowest BCUT2D eigenvalue weighted by molar-refractivity contribution is 0.282. The maximum absolute atomic E-state index is 9.29. The van der Waals surface area contributed by atoms with Crippen molar-refractivity contribution in [3.05, 3.63) is 58.9 Å². The lowest BCUT2D eigenvalue weighted by atomic mass is 10.1. The second-order valence-corrected chi connectivity index (χ2v) is 6.61. The first kappa shape index (κ1) is 19.0. The fraction of sp³-hybridized carbons (Fsp3) is 0.381. The Morgan fingerprint density at radius 2 is 1.84 bits per heavy atom. The Balaban J connectivity index is 2.38. The van der Waals surface area contributed by atoms with E-state index in [1.165, 1.54) is 5.57 Å². The largest absolute Gasteiger partial charge is 0.392 e. The van der Waals surface area contributed by atoms with Crippen LogP contribution >= 0.6 is 0 Å². The average Bonchev–Trinajstić information content (AvgIpc) is 2.61. The van der Waals surface area contributed by atoms with Crippen LogP contribution in [0.2, 0.25) is 0 Å². The van der Waals surface area contributed by atoms with E-state index < -0.39 is 0 Å². The predicted octanol–water partition coefficient (Wildman–Crippen LogP) is 4.71. The normalized spacial score (nSPS) is 11.6. The van der Waals surface area contributed by atoms with Gasteiger partial charge in [0.25, 0.3) is 0 Å². The Hall–Kier alpha value is -2.33. The zero-order chi connectivity index (χ0) is 18.6. The van der Waals surface area contributed by atoms with Gasteiger partial charge >= 0.3 is 0 Å². The molecule has 0 aliphatic rings. The molecule has 1 aromatic carbocycles. The van der Waals surface area contributed by atoms with E-state index in [1.54, 1.807) is 0 Å². The van der Waals surface area contributed by atoms with E-state index in [0.29, 0.717) is 0 Å². The number of anilines is 3. The van der Waals surface area contributed by atoms with E-state index in [9.17, 15) is 5.11 Å². The van der Waals surface area contributed by atoms with Crippen LogP contribution in [0.3, 0.4) is 0 Å². The van der Waals surface area contributed by atoms with E-state index in [1.807, 2.05) is 31.4 Å². The highest BCUT2D eigenvalue weighted by atomic mass is 16.3. The number of aromatic nitrogens is 1. The van der Waals surface area contributed by atoms with E-state index in [0.717, 1.165) is 40.3 Å². The summed E-state index contributed by atoms with van der Waals surface area (Å²) in [5.74, 6) is 0.898. The van der Waals surface area contributed by atoms with Crippen LogP contribution in [0, 0.1) is 13.8 Å². The number of hydrogen-bond acceptors (Lipinski definition) is 4. The number of hydrogen-bond donors (Lipinski definition) is 1. The minimum atomic E-state index is 0.0612. The first-order valence-corrected chi connectivity index (χ1v) is 8.68. The van der Waals surface area contributed by atoms with Crippen LogP contribution in [0.5, 0.6) is 0 Å². The third-order valence-corrected chi connectivity index (χ3v) is 4.56. The summed E-state index contributed by atoms with van der Waals surface area (Å²) in [6, 6.07) is 8.12. The second-order valence-electron chi connectivity index (χ2n) is 6.61. The van der Waals surface area contributed by atoms with Gasteiger partial charge in [-0.2, -0.15) is 0 Å². The number of allylic oxidation sites excluding steroid dienone is 1. The van der Waals surface area contributed by atoms with Crippen molar-refractivity contribution in [3.8, 4) is 0 Å². The van der Waals surface area contributed by atoms with Gasteiger partial charge in [0.15, 0.2) is 0 Å². The van der Waals surface area contributed by atoms with Gasteiger partial charge < -0.3 is 14.9 Å². The summed E-state index contributed by atoms with van der Waals surface area (Å²) in [6.07, 6.45) is 5.13. The highest BCUT2D eigenvalue weighted by Crippen LogP contribution is 2.30. The molecule has 2 aromatic rings. The Morgan fingerprint density at radius 1 is 1.12 bits per heavy atom. The van der Waals surface area contributed by atoms with Crippen molar-refractivity contribution in [2.45, 2.75) is 40.7 Å². The predicted molar refractivity (Wildman–Crippen MR) is 107 cm³/mol. The summed E-state index contributed by atoms with van der Waals surface area (Å²) < 4.78 is 0. The van der Waals surface area contributed by atoms with Gasteiger partial charge in [0.2, 0.25) is 0 Å². The van der Waals surface area contributed by atoms with Gasteiger partial charge in [-0.1, -0.05) is 24.6 Å². The first-order valence-electron chi connectivity index (χ1n) is 8.68. The fourth-order valence-electron chi connectivity index (χ4n) is 2.87. The first-order chi connectivity index (χ1) is 11.9. The van der Waals surface area contributed by atoms with Crippen molar-refractivity contribution in [2.75, 3.05) is 23.9 Å². The van der Waals surface area contributed by atoms with Crippen molar-refractivity contribution in [1.29, 1.82) is 0 Å². The average molecular weight is 339 g/mol. The molecule has 0 saturated heterocycles. The Morgan fingerprint density at radius 3 is 2.44 bits per heavy atom. The van der Waals surface area contributed by atoms with Gasteiger partial charge in [-0.25, -0.2) is 4.98 Å². The minimum absolute atomic E-state index is 0.0612. The Bertz CT molecular complexity index is 768. The lowest BCUT2D eigenvalue weighted by Gasteiger charge is -2.24. The Labute approximate surface area is 151 Å². The van der Waals surface area contributed by atoms with Gasteiger partial charge in [-0.15, -0.1) is 0 Å². The molecule has 134 valence electrons. The highest BCUT2D eigenvalue weighted by molar-refractivity contribution is 5.68. The molecule has 0 aliphatic heterocycles. The number of aryl methyl sites for hydroxylation is 2. The van der Waals surface area contributed by atoms with Gasteiger partial charge in [-0.05, 0) is 49.9 Å². The van der Waals surface area contributed by atoms with E-state index in [-0.39, 0.29) is 6.61 Å². The van der Waals surface area contributed by atoms with Crippen LogP contribution < -0.4 is 9.80 Å². The molecule has 0 amide bonds. The molecule has 0 saturated carbocycles. The molecule has 0 atom stereocenters. The van der Waals surface area contributed by atoms with Gasteiger partial charge in [0, 0.05) is 43.9 Å². The zero-order valence-electron chi connectivity index (χ0n) is 16.2. The Kier molecular flexibility index (Phi) is 6.21. The summed E-state index contributed by atoms with van der Waals surface area (Å²) in [5.41, 5.74) is 6.76. The molecular formula is C21H29N3O. The molecule has 0 spiro atoms. The summed E-state index contributed by atoms with van der Waals surface area (Å²) in [4.78, 5) is 8.86. The summed E-state index contributed by atoms with van der Waals surface area (Å²) in [5, 5.41) is 9.29. The fourth-order valence-corrected chi connectivity index (χ4v) is 2.87. The molecule has 1 N–H and O–H groups in total. The quantitative estimate of drug-likeness (QED) is 0.827. The second kappa shape index (κ2) is 8.17. The molecule has 0 bridgehead atoms. The third-order valence-electron chi connectivity index (χ3n) is 4.56. The highest BCUT2D eigenvalue weighted by Gasteiger charge is 2.12. The van der Waals surface area contributed by atoms with E-state index >= 15 is 0 Å². The lowest BCUT2D eigenvalue weighted by Crippen LogP contribution is -2.16. The standard InChI is InChI=1S/C21H29N3O/c1-7-15(2)13-23(5)20-11-21(22-12-17(20)4)24(6)19-9-8-18(14-25)10-16(19)3/h8-13,25H,7,14H2,1-6H3. The smallest absolute Gasteiger partial charge is 0.134 e. The van der Waals surface area contributed by atoms with Gasteiger partial charge in [0.1, 0.15) is 5.82 Å². The number of aliphatic hydroxyl groups excluding tert-OH is 1. The van der Waals surface area contributed by atoms with Crippen LogP contribution in [0.4, 0.5) is 17.2 Å². The molecule has 25 heavy (non-hydrogen) atoms. The van der Waals surface area contributed by atoms with E-state index in [4.69, 9.17) is 0 Å². The van der Waals surface area contributed by atoms with Crippen molar-refractivity contribution >= 4 is 17.2 Å². The molecule has 4 nitrogen and oxygen atoms in total. The third kappa shape index (κ3) is 4.40. The minimum Gasteiger partial charge on any atom is -0.392 e. The van der Waals surface area contributed by atoms with Crippen LogP contribution in [0.1, 0.15) is 37.0 Å². The zero-order valence-corrected chi connectivity index (χ0v) is 16.2. The number of aliphatic hydroxyl groups is 1. The van der Waals surface area contributed by atoms with Gasteiger partial charge in [0.05, 0.1) is 6.61 Å². The molecule has 4 heteroatoms. The summed E-state index contributed by atoms with van der Waals surface area (Å²) in [7, 11) is 4.10. The van der Waals surface area contributed by atoms with Crippen molar-refractivity contribution in [3.63, 3.8) is 0 Å². The van der Waals surface area contributed by atoms with Crippen molar-refractivity contribution in [2.24, 2.45) is 0 Å². The van der Waals surface area contributed by atoms with Crippen molar-refractivity contribution in [1.82, 2.24) is 4.98 Å². The maximum atomic E-state index is 9.29. The van der Waals surface area contributed by atoms with Crippen LogP contribution in [-0.2, 0) is 6.61 Å². The molecule has 0 radical (unpaired) electrons. The van der Waals surface area contributed by atoms with Crippen LogP contribution in [-0.4, -0.2) is 24.2 Å². The topological polar surface area (TPSA) is 39.6 Å².